The van der Waals surface area contributed by atoms with Crippen LogP contribution in [0.3, 0.4) is 0 Å². The standard InChI is InChI=1S/C15H27N3S/c1-4-16-10-14-7-8-15(19-14)12-17(2)11-13-6-5-9-18(13)3/h7-8,13,16H,4-6,9-12H2,1-3H3. The summed E-state index contributed by atoms with van der Waals surface area (Å²) < 4.78 is 0. The number of likely N-dealkylation sites (tertiary alicyclic amines) is 1. The van der Waals surface area contributed by atoms with Crippen LogP contribution >= 0.6 is 11.3 Å². The maximum atomic E-state index is 3.39. The lowest BCUT2D eigenvalue weighted by molar-refractivity contribution is 0.216. The highest BCUT2D eigenvalue weighted by Crippen LogP contribution is 2.20. The Balaban J connectivity index is 1.78. The van der Waals surface area contributed by atoms with Gasteiger partial charge in [-0.25, -0.2) is 0 Å². The summed E-state index contributed by atoms with van der Waals surface area (Å²) >= 11 is 1.94. The molecule has 0 aromatic carbocycles. The minimum Gasteiger partial charge on any atom is -0.312 e. The van der Waals surface area contributed by atoms with Crippen molar-refractivity contribution in [2.45, 2.75) is 38.9 Å². The smallest absolute Gasteiger partial charge is 0.0325 e. The minimum atomic E-state index is 0.756. The summed E-state index contributed by atoms with van der Waals surface area (Å²) in [5.41, 5.74) is 0. The van der Waals surface area contributed by atoms with Crippen LogP contribution in [-0.2, 0) is 13.1 Å². The van der Waals surface area contributed by atoms with Gasteiger partial charge in [0, 0.05) is 35.4 Å². The third-order valence-electron chi connectivity index (χ3n) is 3.89. The molecule has 19 heavy (non-hydrogen) atoms. The summed E-state index contributed by atoms with van der Waals surface area (Å²) in [6.45, 7) is 7.75. The molecular formula is C15H27N3S. The molecule has 0 bridgehead atoms. The number of hydrogen-bond acceptors (Lipinski definition) is 4. The Bertz CT molecular complexity index is 377. The van der Waals surface area contributed by atoms with Crippen LogP contribution in [0.25, 0.3) is 0 Å². The van der Waals surface area contributed by atoms with Crippen LogP contribution in [0.1, 0.15) is 29.5 Å². The van der Waals surface area contributed by atoms with Crippen LogP contribution in [0, 0.1) is 0 Å². The normalized spacial score (nSPS) is 20.5. The molecule has 1 aliphatic rings. The molecule has 4 heteroatoms. The molecule has 108 valence electrons. The highest BCUT2D eigenvalue weighted by atomic mass is 32.1. The third kappa shape index (κ3) is 4.56. The van der Waals surface area contributed by atoms with Gasteiger partial charge >= 0.3 is 0 Å². The summed E-state index contributed by atoms with van der Waals surface area (Å²) in [7, 11) is 4.50. The van der Waals surface area contributed by atoms with Gasteiger partial charge in [0.15, 0.2) is 0 Å². The van der Waals surface area contributed by atoms with Crippen molar-refractivity contribution in [1.29, 1.82) is 0 Å². The highest BCUT2D eigenvalue weighted by molar-refractivity contribution is 7.11. The summed E-state index contributed by atoms with van der Waals surface area (Å²) in [5.74, 6) is 0. The van der Waals surface area contributed by atoms with Crippen molar-refractivity contribution in [3.63, 3.8) is 0 Å². The van der Waals surface area contributed by atoms with E-state index in [1.165, 1.54) is 35.7 Å². The Morgan fingerprint density at radius 1 is 1.42 bits per heavy atom. The average Bonchev–Trinajstić information content (AvgIpc) is 2.97. The van der Waals surface area contributed by atoms with Crippen molar-refractivity contribution in [3.05, 3.63) is 21.9 Å². The fraction of sp³-hybridized carbons (Fsp3) is 0.733. The first-order valence-electron chi connectivity index (χ1n) is 7.36. The molecule has 1 aromatic rings. The van der Waals surface area contributed by atoms with Crippen molar-refractivity contribution < 1.29 is 0 Å². The van der Waals surface area contributed by atoms with Crippen LogP contribution in [0.2, 0.25) is 0 Å². The number of rotatable bonds is 7. The Morgan fingerprint density at radius 2 is 2.21 bits per heavy atom. The van der Waals surface area contributed by atoms with Gasteiger partial charge in [0.05, 0.1) is 0 Å². The number of nitrogens with zero attached hydrogens (tertiary/aromatic N) is 2. The molecule has 2 heterocycles. The molecular weight excluding hydrogens is 254 g/mol. The molecule has 1 atom stereocenters. The van der Waals surface area contributed by atoms with Gasteiger partial charge in [-0.1, -0.05) is 6.92 Å². The molecule has 1 fully saturated rings. The van der Waals surface area contributed by atoms with Gasteiger partial charge in [-0.05, 0) is 52.2 Å². The molecule has 1 aliphatic heterocycles. The Morgan fingerprint density at radius 3 is 2.89 bits per heavy atom. The SMILES string of the molecule is CCNCc1ccc(CN(C)CC2CCCN2C)s1. The fourth-order valence-corrected chi connectivity index (χ4v) is 3.82. The van der Waals surface area contributed by atoms with E-state index in [1.807, 2.05) is 11.3 Å². The largest absolute Gasteiger partial charge is 0.312 e. The molecule has 0 amide bonds. The van der Waals surface area contributed by atoms with Crippen LogP contribution in [0.15, 0.2) is 12.1 Å². The lowest BCUT2D eigenvalue weighted by atomic mass is 10.2. The molecule has 1 unspecified atom stereocenters. The predicted octanol–water partition coefficient (Wildman–Crippen LogP) is 2.38. The van der Waals surface area contributed by atoms with Crippen LogP contribution < -0.4 is 5.32 Å². The van der Waals surface area contributed by atoms with E-state index in [0.29, 0.717) is 0 Å². The minimum absolute atomic E-state index is 0.756. The van der Waals surface area contributed by atoms with Gasteiger partial charge in [0.1, 0.15) is 0 Å². The van der Waals surface area contributed by atoms with Crippen LogP contribution in [-0.4, -0.2) is 49.6 Å². The lowest BCUT2D eigenvalue weighted by Crippen LogP contribution is -2.36. The van der Waals surface area contributed by atoms with Crippen molar-refractivity contribution in [3.8, 4) is 0 Å². The monoisotopic (exact) mass is 281 g/mol. The first kappa shape index (κ1) is 15.0. The van der Waals surface area contributed by atoms with Gasteiger partial charge in [0.25, 0.3) is 0 Å². The van der Waals surface area contributed by atoms with E-state index in [2.05, 4.69) is 48.3 Å². The second kappa shape index (κ2) is 7.39. The molecule has 1 N–H and O–H groups in total. The first-order valence-corrected chi connectivity index (χ1v) is 8.17. The van der Waals surface area contributed by atoms with Crippen molar-refractivity contribution in [2.75, 3.05) is 33.7 Å². The quantitative estimate of drug-likeness (QED) is 0.828. The fourth-order valence-electron chi connectivity index (χ4n) is 2.75. The molecule has 1 saturated heterocycles. The Hall–Kier alpha value is -0.420. The zero-order valence-electron chi connectivity index (χ0n) is 12.5. The van der Waals surface area contributed by atoms with Gasteiger partial charge in [0.2, 0.25) is 0 Å². The van der Waals surface area contributed by atoms with Gasteiger partial charge in [-0.2, -0.15) is 0 Å². The Labute approximate surface area is 121 Å². The van der Waals surface area contributed by atoms with Gasteiger partial charge in [-0.3, -0.25) is 4.90 Å². The van der Waals surface area contributed by atoms with E-state index in [9.17, 15) is 0 Å². The average molecular weight is 281 g/mol. The summed E-state index contributed by atoms with van der Waals surface area (Å²) in [4.78, 5) is 7.90. The van der Waals surface area contributed by atoms with Crippen LogP contribution in [0.4, 0.5) is 0 Å². The predicted molar refractivity (Wildman–Crippen MR) is 83.7 cm³/mol. The van der Waals surface area contributed by atoms with E-state index in [1.54, 1.807) is 0 Å². The molecule has 0 aliphatic carbocycles. The zero-order valence-corrected chi connectivity index (χ0v) is 13.3. The van der Waals surface area contributed by atoms with Crippen molar-refractivity contribution in [2.24, 2.45) is 0 Å². The molecule has 3 nitrogen and oxygen atoms in total. The first-order chi connectivity index (χ1) is 9.19. The molecule has 2 rings (SSSR count). The third-order valence-corrected chi connectivity index (χ3v) is 4.96. The van der Waals surface area contributed by atoms with E-state index < -0.39 is 0 Å². The second-order valence-electron chi connectivity index (χ2n) is 5.62. The van der Waals surface area contributed by atoms with Crippen molar-refractivity contribution in [1.82, 2.24) is 15.1 Å². The van der Waals surface area contributed by atoms with Crippen LogP contribution in [0.5, 0.6) is 0 Å². The maximum absolute atomic E-state index is 3.39. The van der Waals surface area contributed by atoms with E-state index in [0.717, 1.165) is 25.7 Å². The summed E-state index contributed by atoms with van der Waals surface area (Å²) in [6, 6.07) is 5.30. The van der Waals surface area contributed by atoms with Gasteiger partial charge < -0.3 is 10.2 Å². The molecule has 0 saturated carbocycles. The Kier molecular flexibility index (Phi) is 5.82. The molecule has 1 aromatic heterocycles. The second-order valence-corrected chi connectivity index (χ2v) is 6.87. The summed E-state index contributed by atoms with van der Waals surface area (Å²) in [5, 5.41) is 3.39. The zero-order chi connectivity index (χ0) is 13.7. The molecule has 0 radical (unpaired) electrons. The molecule has 0 spiro atoms. The maximum Gasteiger partial charge on any atom is 0.0325 e. The van der Waals surface area contributed by atoms with E-state index >= 15 is 0 Å². The van der Waals surface area contributed by atoms with Crippen molar-refractivity contribution >= 4 is 11.3 Å². The van der Waals surface area contributed by atoms with E-state index in [-0.39, 0.29) is 0 Å². The summed E-state index contributed by atoms with van der Waals surface area (Å²) in [6.07, 6.45) is 2.72. The van der Waals surface area contributed by atoms with Gasteiger partial charge in [-0.15, -0.1) is 11.3 Å². The lowest BCUT2D eigenvalue weighted by Gasteiger charge is -2.25. The number of hydrogen-bond donors (Lipinski definition) is 1. The highest BCUT2D eigenvalue weighted by Gasteiger charge is 2.22. The van der Waals surface area contributed by atoms with E-state index in [4.69, 9.17) is 0 Å². The number of thiophene rings is 1. The number of likely N-dealkylation sites (N-methyl/N-ethyl adjacent to an activating group) is 2. The number of nitrogens with one attached hydrogen (secondary N) is 1. The topological polar surface area (TPSA) is 18.5 Å².